The minimum atomic E-state index is 0.0334. The SMILES string of the molecule is N#CC(C1CCCCC1)N1CCN(C(=O)CCc2ccccn2)CC1. The monoisotopic (exact) mass is 340 g/mol. The van der Waals surface area contributed by atoms with Gasteiger partial charge in [0.15, 0.2) is 0 Å². The number of carbonyl (C=O) groups is 1. The third-order valence-electron chi connectivity index (χ3n) is 5.61. The van der Waals surface area contributed by atoms with Crippen molar-refractivity contribution in [1.82, 2.24) is 14.8 Å². The standard InChI is InChI=1S/C20H28N4O/c21-16-19(17-6-2-1-3-7-17)23-12-14-24(15-13-23)20(25)10-9-18-8-4-5-11-22-18/h4-5,8,11,17,19H,1-3,6-7,9-10,12-15H2. The lowest BCUT2D eigenvalue weighted by Gasteiger charge is -2.40. The summed E-state index contributed by atoms with van der Waals surface area (Å²) in [4.78, 5) is 21.0. The molecular weight excluding hydrogens is 312 g/mol. The maximum atomic E-state index is 12.4. The molecule has 1 atom stereocenters. The number of piperazine rings is 1. The molecular formula is C20H28N4O. The molecule has 1 aromatic rings. The van der Waals surface area contributed by atoms with Crippen LogP contribution in [0.2, 0.25) is 0 Å². The maximum Gasteiger partial charge on any atom is 0.223 e. The second kappa shape index (κ2) is 8.96. The van der Waals surface area contributed by atoms with Crippen LogP contribution in [0.5, 0.6) is 0 Å². The van der Waals surface area contributed by atoms with Crippen molar-refractivity contribution in [3.8, 4) is 6.07 Å². The number of amides is 1. The van der Waals surface area contributed by atoms with Gasteiger partial charge < -0.3 is 4.90 Å². The fourth-order valence-corrected chi connectivity index (χ4v) is 4.12. The summed E-state index contributed by atoms with van der Waals surface area (Å²) in [7, 11) is 0. The molecule has 0 N–H and O–H groups in total. The van der Waals surface area contributed by atoms with E-state index in [1.807, 2.05) is 23.1 Å². The van der Waals surface area contributed by atoms with Gasteiger partial charge in [-0.05, 0) is 37.3 Å². The van der Waals surface area contributed by atoms with Crippen molar-refractivity contribution in [3.05, 3.63) is 30.1 Å². The summed E-state index contributed by atoms with van der Waals surface area (Å²) in [6.07, 6.45) is 9.18. The summed E-state index contributed by atoms with van der Waals surface area (Å²) in [5, 5.41) is 9.64. The summed E-state index contributed by atoms with van der Waals surface area (Å²) >= 11 is 0. The fourth-order valence-electron chi connectivity index (χ4n) is 4.12. The molecule has 2 heterocycles. The number of nitriles is 1. The quantitative estimate of drug-likeness (QED) is 0.827. The number of rotatable bonds is 5. The zero-order valence-corrected chi connectivity index (χ0v) is 14.9. The van der Waals surface area contributed by atoms with Crippen molar-refractivity contribution in [2.45, 2.75) is 51.0 Å². The molecule has 1 aliphatic heterocycles. The Kier molecular flexibility index (Phi) is 6.41. The Balaban J connectivity index is 1.46. The van der Waals surface area contributed by atoms with Crippen molar-refractivity contribution >= 4 is 5.91 Å². The number of nitrogens with zero attached hydrogens (tertiary/aromatic N) is 4. The Bertz CT molecular complexity index is 583. The fraction of sp³-hybridized carbons (Fsp3) is 0.650. The van der Waals surface area contributed by atoms with E-state index >= 15 is 0 Å². The van der Waals surface area contributed by atoms with Gasteiger partial charge >= 0.3 is 0 Å². The average molecular weight is 340 g/mol. The second-order valence-electron chi connectivity index (χ2n) is 7.21. The first-order chi connectivity index (χ1) is 12.3. The van der Waals surface area contributed by atoms with E-state index in [4.69, 9.17) is 0 Å². The second-order valence-corrected chi connectivity index (χ2v) is 7.21. The van der Waals surface area contributed by atoms with Crippen molar-refractivity contribution in [2.24, 2.45) is 5.92 Å². The van der Waals surface area contributed by atoms with Crippen molar-refractivity contribution in [1.29, 1.82) is 5.26 Å². The first-order valence-corrected chi connectivity index (χ1v) is 9.59. The molecule has 2 fully saturated rings. The van der Waals surface area contributed by atoms with Crippen LogP contribution in [0.3, 0.4) is 0 Å². The summed E-state index contributed by atoms with van der Waals surface area (Å²) in [5.74, 6) is 0.724. The van der Waals surface area contributed by atoms with Crippen LogP contribution in [0.1, 0.15) is 44.2 Å². The van der Waals surface area contributed by atoms with Gasteiger partial charge in [-0.25, -0.2) is 0 Å². The summed E-state index contributed by atoms with van der Waals surface area (Å²) in [5.41, 5.74) is 0.969. The molecule has 1 aromatic heterocycles. The van der Waals surface area contributed by atoms with E-state index in [1.54, 1.807) is 6.20 Å². The van der Waals surface area contributed by atoms with E-state index in [9.17, 15) is 10.1 Å². The molecule has 134 valence electrons. The normalized spacial score (nSPS) is 20.8. The van der Waals surface area contributed by atoms with Crippen LogP contribution in [0.15, 0.2) is 24.4 Å². The Morgan fingerprint density at radius 1 is 1.20 bits per heavy atom. The van der Waals surface area contributed by atoms with E-state index in [0.29, 0.717) is 18.8 Å². The highest BCUT2D eigenvalue weighted by Crippen LogP contribution is 2.29. The summed E-state index contributed by atoms with van der Waals surface area (Å²) in [6.45, 7) is 3.13. The maximum absolute atomic E-state index is 12.4. The molecule has 1 unspecified atom stereocenters. The largest absolute Gasteiger partial charge is 0.340 e. The molecule has 2 aliphatic rings. The molecule has 3 rings (SSSR count). The predicted octanol–water partition coefficient (Wildman–Crippen LogP) is 2.63. The highest BCUT2D eigenvalue weighted by molar-refractivity contribution is 5.76. The van der Waals surface area contributed by atoms with Crippen LogP contribution in [-0.4, -0.2) is 52.9 Å². The zero-order valence-electron chi connectivity index (χ0n) is 14.9. The molecule has 1 amide bonds. The number of carbonyl (C=O) groups excluding carboxylic acids is 1. The van der Waals surface area contributed by atoms with E-state index in [0.717, 1.165) is 31.9 Å². The third kappa shape index (κ3) is 4.79. The van der Waals surface area contributed by atoms with E-state index in [2.05, 4.69) is 16.0 Å². The molecule has 0 bridgehead atoms. The van der Waals surface area contributed by atoms with Gasteiger partial charge in [0.2, 0.25) is 5.91 Å². The predicted molar refractivity (Wildman–Crippen MR) is 96.7 cm³/mol. The lowest BCUT2D eigenvalue weighted by atomic mass is 9.83. The molecule has 1 saturated heterocycles. The topological polar surface area (TPSA) is 60.2 Å². The van der Waals surface area contributed by atoms with Gasteiger partial charge in [-0.2, -0.15) is 5.26 Å². The molecule has 5 heteroatoms. The Hall–Kier alpha value is -1.93. The lowest BCUT2D eigenvalue weighted by molar-refractivity contribution is -0.133. The molecule has 25 heavy (non-hydrogen) atoms. The lowest BCUT2D eigenvalue weighted by Crippen LogP contribution is -2.53. The van der Waals surface area contributed by atoms with Gasteiger partial charge in [0.05, 0.1) is 6.07 Å². The number of hydrogen-bond donors (Lipinski definition) is 0. The van der Waals surface area contributed by atoms with Gasteiger partial charge in [0, 0.05) is 44.5 Å². The number of aromatic nitrogens is 1. The molecule has 0 aromatic carbocycles. The highest BCUT2D eigenvalue weighted by atomic mass is 16.2. The molecule has 0 radical (unpaired) electrons. The minimum Gasteiger partial charge on any atom is -0.340 e. The molecule has 5 nitrogen and oxygen atoms in total. The number of hydrogen-bond acceptors (Lipinski definition) is 4. The smallest absolute Gasteiger partial charge is 0.223 e. The third-order valence-corrected chi connectivity index (χ3v) is 5.61. The molecule has 0 spiro atoms. The van der Waals surface area contributed by atoms with Gasteiger partial charge in [-0.1, -0.05) is 25.3 Å². The van der Waals surface area contributed by atoms with Gasteiger partial charge in [-0.15, -0.1) is 0 Å². The number of aryl methyl sites for hydroxylation is 1. The van der Waals surface area contributed by atoms with Crippen LogP contribution < -0.4 is 0 Å². The molecule has 1 saturated carbocycles. The minimum absolute atomic E-state index is 0.0334. The van der Waals surface area contributed by atoms with Gasteiger partial charge in [-0.3, -0.25) is 14.7 Å². The van der Waals surface area contributed by atoms with Crippen LogP contribution in [0.25, 0.3) is 0 Å². The van der Waals surface area contributed by atoms with E-state index in [-0.39, 0.29) is 11.9 Å². The highest BCUT2D eigenvalue weighted by Gasteiger charge is 2.31. The van der Waals surface area contributed by atoms with Crippen LogP contribution in [0, 0.1) is 17.2 Å². The van der Waals surface area contributed by atoms with Crippen molar-refractivity contribution in [3.63, 3.8) is 0 Å². The summed E-state index contributed by atoms with van der Waals surface area (Å²) < 4.78 is 0. The Morgan fingerprint density at radius 3 is 2.60 bits per heavy atom. The van der Waals surface area contributed by atoms with Crippen LogP contribution in [0.4, 0.5) is 0 Å². The van der Waals surface area contributed by atoms with Crippen LogP contribution in [-0.2, 0) is 11.2 Å². The van der Waals surface area contributed by atoms with E-state index < -0.39 is 0 Å². The zero-order chi connectivity index (χ0) is 17.5. The Labute approximate surface area is 150 Å². The average Bonchev–Trinajstić information content (AvgIpc) is 2.69. The number of pyridine rings is 1. The Morgan fingerprint density at radius 2 is 1.96 bits per heavy atom. The molecule has 1 aliphatic carbocycles. The van der Waals surface area contributed by atoms with Crippen LogP contribution >= 0.6 is 0 Å². The first-order valence-electron chi connectivity index (χ1n) is 9.59. The van der Waals surface area contributed by atoms with Crippen molar-refractivity contribution in [2.75, 3.05) is 26.2 Å². The summed E-state index contributed by atoms with van der Waals surface area (Å²) in [6, 6.07) is 8.39. The first kappa shape index (κ1) is 17.9. The van der Waals surface area contributed by atoms with E-state index in [1.165, 1.54) is 32.1 Å². The van der Waals surface area contributed by atoms with Gasteiger partial charge in [0.1, 0.15) is 6.04 Å². The van der Waals surface area contributed by atoms with Crippen molar-refractivity contribution < 1.29 is 4.79 Å². The van der Waals surface area contributed by atoms with Gasteiger partial charge in [0.25, 0.3) is 0 Å².